The lowest BCUT2D eigenvalue weighted by atomic mass is 10.1. The summed E-state index contributed by atoms with van der Waals surface area (Å²) in [5.41, 5.74) is 2.91. The summed E-state index contributed by atoms with van der Waals surface area (Å²) in [5.74, 6) is 0. The summed E-state index contributed by atoms with van der Waals surface area (Å²) < 4.78 is 1.13. The molecule has 0 amide bonds. The van der Waals surface area contributed by atoms with Gasteiger partial charge in [-0.1, -0.05) is 41.3 Å². The zero-order valence-electron chi connectivity index (χ0n) is 6.81. The minimum absolute atomic E-state index is 0.343. The van der Waals surface area contributed by atoms with E-state index in [9.17, 15) is 0 Å². The molecule has 0 aliphatic heterocycles. The van der Waals surface area contributed by atoms with E-state index in [4.69, 9.17) is 9.07 Å². The van der Waals surface area contributed by atoms with Crippen LogP contribution in [0.4, 0.5) is 0 Å². The molecule has 0 spiro atoms. The third-order valence-corrected chi connectivity index (χ3v) is 3.16. The van der Waals surface area contributed by atoms with Crippen LogP contribution in [0, 0.1) is 0 Å². The molecule has 0 fully saturated rings. The Labute approximate surface area is 81.5 Å². The summed E-state index contributed by atoms with van der Waals surface area (Å²) in [6, 6.07) is 8.57. The van der Waals surface area contributed by atoms with Gasteiger partial charge in [-0.15, -0.1) is 0 Å². The van der Waals surface area contributed by atoms with E-state index >= 15 is 0 Å². The highest BCUT2D eigenvalue weighted by molar-refractivity contribution is 6.93. The summed E-state index contributed by atoms with van der Waals surface area (Å²) in [5, 5.41) is 0. The van der Waals surface area contributed by atoms with Crippen molar-refractivity contribution in [2.24, 2.45) is 0 Å². The summed E-state index contributed by atoms with van der Waals surface area (Å²) in [6.07, 6.45) is 1.13. The van der Waals surface area contributed by atoms with Crippen LogP contribution >= 0.6 is 9.07 Å². The van der Waals surface area contributed by atoms with Gasteiger partial charge in [0.2, 0.25) is 0 Å². The number of aryl methyl sites for hydroxylation is 1. The van der Waals surface area contributed by atoms with Gasteiger partial charge in [-0.2, -0.15) is 0 Å². The second-order valence-corrected chi connectivity index (χ2v) is 4.57. The molecule has 0 saturated heterocycles. The van der Waals surface area contributed by atoms with Crippen LogP contribution in [0.3, 0.4) is 0 Å². The van der Waals surface area contributed by atoms with Gasteiger partial charge in [-0.05, 0) is 12.0 Å². The van der Waals surface area contributed by atoms with Crippen molar-refractivity contribution in [3.63, 3.8) is 0 Å². The van der Waals surface area contributed by atoms with Gasteiger partial charge in [0.15, 0.2) is 0 Å². The molecule has 56 valence electrons. The van der Waals surface area contributed by atoms with Crippen LogP contribution < -0.4 is 0 Å². The van der Waals surface area contributed by atoms with Gasteiger partial charge in [-0.25, -0.2) is 0 Å². The van der Waals surface area contributed by atoms with E-state index < -0.39 is 0 Å². The number of rotatable bonds is 3. The molecule has 1 rings (SSSR count). The normalized spacial score (nSPS) is 9.27. The minimum atomic E-state index is -0.343. The predicted molar refractivity (Wildman–Crippen MR) is 51.1 cm³/mol. The maximum atomic E-state index is 5.80. The van der Waals surface area contributed by atoms with Crippen LogP contribution in [0.2, 0.25) is 0 Å². The number of benzene rings is 1. The summed E-state index contributed by atoms with van der Waals surface area (Å²) in [7, 11) is 5.80. The van der Waals surface area contributed by atoms with Crippen LogP contribution in [0.25, 0.3) is 0 Å². The van der Waals surface area contributed by atoms with Crippen molar-refractivity contribution in [2.45, 2.75) is 17.9 Å². The number of hydrogen-bond donors (Lipinski definition) is 0. The van der Waals surface area contributed by atoms with E-state index in [0.717, 1.165) is 11.0 Å². The zero-order valence-corrected chi connectivity index (χ0v) is 8.98. The van der Waals surface area contributed by atoms with E-state index in [1.54, 1.807) is 0 Å². The molecule has 0 saturated carbocycles. The van der Waals surface area contributed by atoms with Gasteiger partial charge in [0.05, 0.1) is 0 Å². The van der Waals surface area contributed by atoms with Crippen molar-refractivity contribution < 1.29 is 0 Å². The van der Waals surface area contributed by atoms with Gasteiger partial charge in [0.1, 0.15) is 0 Å². The standard InChI is InChI=1S/C9H11.ClH.Mg/c1-3-9-7-5-4-6-8(9)2;;/h4-7H,2-3H2,1H3;1H;/q;;+1/p-1. The lowest BCUT2D eigenvalue weighted by molar-refractivity contribution is 1.10. The topological polar surface area (TPSA) is 0 Å². The van der Waals surface area contributed by atoms with Crippen molar-refractivity contribution in [2.75, 3.05) is 0 Å². The molecule has 0 aromatic heterocycles. The first-order chi connectivity index (χ1) is 5.38. The molecule has 0 radical (unpaired) electrons. The van der Waals surface area contributed by atoms with Crippen molar-refractivity contribution in [3.8, 4) is 0 Å². The lowest BCUT2D eigenvalue weighted by Crippen LogP contribution is -1.94. The van der Waals surface area contributed by atoms with Gasteiger partial charge >= 0.3 is 19.3 Å². The number of halogens is 1. The van der Waals surface area contributed by atoms with Crippen LogP contribution in [0.5, 0.6) is 0 Å². The van der Waals surface area contributed by atoms with Crippen LogP contribution in [-0.2, 0) is 11.0 Å². The molecule has 0 bridgehead atoms. The van der Waals surface area contributed by atoms with Crippen molar-refractivity contribution in [1.82, 2.24) is 0 Å². The molecule has 11 heavy (non-hydrogen) atoms. The summed E-state index contributed by atoms with van der Waals surface area (Å²) >= 11 is -0.343. The molecule has 0 N–H and O–H groups in total. The molecule has 0 atom stereocenters. The first-order valence-corrected chi connectivity index (χ1v) is 7.15. The van der Waals surface area contributed by atoms with Crippen molar-refractivity contribution in [1.29, 1.82) is 0 Å². The Balaban J connectivity index is 2.83. The predicted octanol–water partition coefficient (Wildman–Crippen LogP) is 2.61. The van der Waals surface area contributed by atoms with E-state index in [1.165, 1.54) is 11.1 Å². The average molecular weight is 179 g/mol. The lowest BCUT2D eigenvalue weighted by Gasteiger charge is -2.03. The third kappa shape index (κ3) is 2.66. The third-order valence-electron chi connectivity index (χ3n) is 1.86. The van der Waals surface area contributed by atoms with Crippen LogP contribution in [0.1, 0.15) is 18.1 Å². The highest BCUT2D eigenvalue weighted by Crippen LogP contribution is 2.09. The van der Waals surface area contributed by atoms with Gasteiger partial charge in [0.25, 0.3) is 0 Å². The molecule has 0 unspecified atom stereocenters. The molecular weight excluding hydrogens is 168 g/mol. The van der Waals surface area contributed by atoms with Gasteiger partial charge in [-0.3, -0.25) is 0 Å². The number of hydrogen-bond acceptors (Lipinski definition) is 0. The van der Waals surface area contributed by atoms with Gasteiger partial charge < -0.3 is 9.07 Å². The SMILES string of the molecule is CCc1ccccc1[CH2][Mg][Cl]. The molecule has 0 nitrogen and oxygen atoms in total. The fourth-order valence-electron chi connectivity index (χ4n) is 1.25. The Morgan fingerprint density at radius 1 is 1.27 bits per heavy atom. The molecule has 0 aliphatic rings. The molecule has 0 heterocycles. The van der Waals surface area contributed by atoms with Gasteiger partial charge in [0, 0.05) is 0 Å². The Bertz CT molecular complexity index is 223. The quantitative estimate of drug-likeness (QED) is 0.625. The largest absolute Gasteiger partial charge is 0.505 e. The molecular formula is C9H11ClMg. The molecule has 2 heteroatoms. The highest BCUT2D eigenvalue weighted by atomic mass is 35.5. The smallest absolute Gasteiger partial charge is 0.345 e. The summed E-state index contributed by atoms with van der Waals surface area (Å²) in [4.78, 5) is 0. The molecule has 0 aliphatic carbocycles. The monoisotopic (exact) mass is 178 g/mol. The summed E-state index contributed by atoms with van der Waals surface area (Å²) in [6.45, 7) is 2.19. The molecule has 1 aromatic carbocycles. The van der Waals surface area contributed by atoms with Crippen LogP contribution in [0.15, 0.2) is 24.3 Å². The second kappa shape index (κ2) is 5.02. The van der Waals surface area contributed by atoms with Crippen molar-refractivity contribution in [3.05, 3.63) is 35.4 Å². The maximum absolute atomic E-state index is 5.80. The van der Waals surface area contributed by atoms with E-state index in [1.807, 2.05) is 0 Å². The Morgan fingerprint density at radius 3 is 2.45 bits per heavy atom. The molecule has 1 aromatic rings. The Hall–Kier alpha value is 0.276. The zero-order chi connectivity index (χ0) is 8.10. The average Bonchev–Trinajstić information content (AvgIpc) is 2.06. The maximum Gasteiger partial charge on any atom is 0.505 e. The first kappa shape index (κ1) is 9.36. The van der Waals surface area contributed by atoms with E-state index in [2.05, 4.69) is 31.2 Å². The first-order valence-electron chi connectivity index (χ1n) is 4.01. The van der Waals surface area contributed by atoms with Crippen molar-refractivity contribution >= 4 is 28.3 Å². The Morgan fingerprint density at radius 2 is 1.91 bits per heavy atom. The highest BCUT2D eigenvalue weighted by Gasteiger charge is 1.99. The van der Waals surface area contributed by atoms with E-state index in [0.29, 0.717) is 0 Å². The fraction of sp³-hybridized carbons (Fsp3) is 0.333. The fourth-order valence-corrected chi connectivity index (χ4v) is 2.55. The van der Waals surface area contributed by atoms with E-state index in [-0.39, 0.29) is 19.3 Å². The second-order valence-electron chi connectivity index (χ2n) is 2.56. The van der Waals surface area contributed by atoms with Crippen LogP contribution in [-0.4, -0.2) is 19.3 Å². The Kier molecular flexibility index (Phi) is 4.27. The minimum Gasteiger partial charge on any atom is -0.345 e.